The number of ether oxygens (including phenoxy) is 8. The van der Waals surface area contributed by atoms with Crippen LogP contribution in [-0.2, 0) is 71.5 Å². The Labute approximate surface area is 807 Å². The molecule has 16 nitrogen and oxygen atoms in total. The number of hydrogen-bond donors (Lipinski definition) is 1. The minimum Gasteiger partial charge on any atom is -0.463 e. The van der Waals surface area contributed by atoms with Gasteiger partial charge in [0.25, 0.3) is 0 Å². The Morgan fingerprint density at radius 2 is 0.619 bits per heavy atom. The van der Waals surface area contributed by atoms with Gasteiger partial charge in [0.05, 0.1) is 54.8 Å². The van der Waals surface area contributed by atoms with Crippen molar-refractivity contribution in [1.29, 1.82) is 0 Å². The smallest absolute Gasteiger partial charge is 0.347 e. The molecular formula is C118H182O16. The molecule has 0 aromatic heterocycles. The van der Waals surface area contributed by atoms with E-state index in [0.717, 1.165) is 283 Å². The molecule has 26 saturated carbocycles. The first-order valence-corrected chi connectivity index (χ1v) is 56.7. The number of carbonyl (C=O) groups is 7. The topological polar surface area (TPSA) is 214 Å². The third kappa shape index (κ3) is 15.5. The second-order valence-corrected chi connectivity index (χ2v) is 56.6. The zero-order chi connectivity index (χ0) is 93.7. The molecule has 16 heteroatoms. The predicted molar refractivity (Wildman–Crippen MR) is 513 cm³/mol. The van der Waals surface area contributed by atoms with Crippen molar-refractivity contribution in [3.05, 3.63) is 0 Å². The molecule has 2 saturated heterocycles. The van der Waals surface area contributed by atoms with E-state index in [1.807, 2.05) is 62.3 Å². The summed E-state index contributed by atoms with van der Waals surface area (Å²) in [6, 6.07) is 0. The molecule has 0 amide bonds. The van der Waals surface area contributed by atoms with Crippen LogP contribution in [0.2, 0.25) is 0 Å². The Bertz CT molecular complexity index is 4290. The van der Waals surface area contributed by atoms with Gasteiger partial charge in [0.2, 0.25) is 12.4 Å². The van der Waals surface area contributed by atoms with Crippen LogP contribution < -0.4 is 0 Å². The second kappa shape index (κ2) is 34.8. The number of fused-ring (bicyclic) bond motifs is 47. The van der Waals surface area contributed by atoms with Gasteiger partial charge in [0.1, 0.15) is 22.4 Å². The van der Waals surface area contributed by atoms with Crippen LogP contribution in [0.25, 0.3) is 0 Å². The lowest BCUT2D eigenvalue weighted by Gasteiger charge is -2.59. The fourth-order valence-corrected chi connectivity index (χ4v) is 43.4. The third-order valence-electron chi connectivity index (χ3n) is 48.8. The van der Waals surface area contributed by atoms with Gasteiger partial charge in [0, 0.05) is 12.8 Å². The maximum Gasteiger partial charge on any atom is 0.347 e. The molecule has 26 aliphatic carbocycles. The lowest BCUT2D eigenvalue weighted by atomic mass is 9.50. The van der Waals surface area contributed by atoms with E-state index in [-0.39, 0.29) is 109 Å². The molecule has 0 aromatic carbocycles. The third-order valence-corrected chi connectivity index (χ3v) is 48.8. The molecule has 134 heavy (non-hydrogen) atoms. The van der Waals surface area contributed by atoms with E-state index in [1.165, 1.54) is 96.3 Å². The van der Waals surface area contributed by atoms with Gasteiger partial charge < -0.3 is 43.0 Å². The normalized spacial score (nSPS) is 55.6. The maximum absolute atomic E-state index is 13.6. The number of aliphatic hydroxyl groups is 1. The van der Waals surface area contributed by atoms with Gasteiger partial charge in [0.15, 0.2) is 0 Å². The lowest BCUT2D eigenvalue weighted by molar-refractivity contribution is -0.209. The van der Waals surface area contributed by atoms with Crippen molar-refractivity contribution < 1.29 is 76.6 Å². The van der Waals surface area contributed by atoms with E-state index >= 15 is 0 Å². The molecule has 28 aliphatic rings. The van der Waals surface area contributed by atoms with Crippen LogP contribution in [-0.4, -0.2) is 101 Å². The van der Waals surface area contributed by atoms with Gasteiger partial charge in [-0.25, -0.2) is 4.79 Å². The van der Waals surface area contributed by atoms with Gasteiger partial charge in [-0.3, -0.25) is 28.8 Å². The Morgan fingerprint density at radius 3 is 0.963 bits per heavy atom. The highest BCUT2D eigenvalue weighted by molar-refractivity contribution is 5.87. The van der Waals surface area contributed by atoms with Crippen molar-refractivity contribution in [2.75, 3.05) is 13.2 Å². The van der Waals surface area contributed by atoms with E-state index in [0.29, 0.717) is 59.7 Å². The molecule has 28 fully saturated rings. The minimum absolute atomic E-state index is 0. The molecule has 2 aliphatic heterocycles. The first-order valence-electron chi connectivity index (χ1n) is 56.7. The van der Waals surface area contributed by atoms with Gasteiger partial charge in [-0.1, -0.05) is 90.5 Å². The molecule has 750 valence electrons. The van der Waals surface area contributed by atoms with Gasteiger partial charge in [-0.2, -0.15) is 0 Å². The quantitative estimate of drug-likeness (QED) is 0.129. The molecule has 53 atom stereocenters. The SMILES string of the molecule is C.CC1C(C)C2CC1C(C(=O)OC1CCOC1=O)C2C(=O)OC(C)(C)C.CC1C(C)C2CC1C1C3CC(C(=O)OC(C)(C)C)C(C3)C21.CC1C(C)C2CC1C1C3CC(C(=O)OC(C)(C)C)C(C3)C21.CC1C(C)C2CC1C1C3CC(C(=O)OC4(C)C5CC6CC(C5)CC4C6)C(C3)C21.CC1C(C)C2CC1C1C3CC(C(=O)OC4CCCCO4)C(C3)C21.CC1C(C)C2CC1C1C3CC(O)C(C3)C21. The number of hydrogen-bond acceptors (Lipinski definition) is 16. The van der Waals surface area contributed by atoms with Crippen molar-refractivity contribution >= 4 is 41.8 Å². The molecule has 0 spiro atoms. The number of esters is 7. The van der Waals surface area contributed by atoms with Gasteiger partial charge >= 0.3 is 41.8 Å². The summed E-state index contributed by atoms with van der Waals surface area (Å²) in [5.74, 6) is 38.2. The Morgan fingerprint density at radius 1 is 0.313 bits per heavy atom. The highest BCUT2D eigenvalue weighted by Gasteiger charge is 2.74. The summed E-state index contributed by atoms with van der Waals surface area (Å²) in [6.45, 7) is 49.8. The summed E-state index contributed by atoms with van der Waals surface area (Å²) in [5.41, 5.74) is -1.41. The van der Waals surface area contributed by atoms with Crippen LogP contribution >= 0.6 is 0 Å². The monoisotopic (exact) mass is 1860 g/mol. The minimum atomic E-state index is -0.835. The molecule has 2 heterocycles. The Balaban J connectivity index is 0.0000000971. The van der Waals surface area contributed by atoms with Crippen LogP contribution in [0.15, 0.2) is 0 Å². The van der Waals surface area contributed by atoms with Crippen LogP contribution in [0, 0.1) is 320 Å². The first kappa shape index (κ1) is 96.3. The summed E-state index contributed by atoms with van der Waals surface area (Å²) < 4.78 is 45.3. The Hall–Kier alpha value is -3.79. The van der Waals surface area contributed by atoms with E-state index in [9.17, 15) is 38.7 Å². The van der Waals surface area contributed by atoms with Crippen molar-refractivity contribution in [2.24, 2.45) is 320 Å². The van der Waals surface area contributed by atoms with Crippen molar-refractivity contribution in [3.8, 4) is 0 Å². The first-order chi connectivity index (χ1) is 62.9. The van der Waals surface area contributed by atoms with E-state index in [4.69, 9.17) is 37.9 Å². The molecule has 0 aromatic rings. The van der Waals surface area contributed by atoms with Crippen LogP contribution in [0.4, 0.5) is 0 Å². The van der Waals surface area contributed by atoms with E-state index < -0.39 is 35.5 Å². The summed E-state index contributed by atoms with van der Waals surface area (Å²) in [6.07, 6.45) is 29.7. The highest BCUT2D eigenvalue weighted by atomic mass is 16.7. The molecule has 26 bridgehead atoms. The van der Waals surface area contributed by atoms with E-state index in [2.05, 4.69) is 90.0 Å². The van der Waals surface area contributed by atoms with E-state index in [1.54, 1.807) is 0 Å². The van der Waals surface area contributed by atoms with Crippen molar-refractivity contribution in [2.45, 2.75) is 361 Å². The van der Waals surface area contributed by atoms with Crippen LogP contribution in [0.1, 0.15) is 320 Å². The predicted octanol–water partition coefficient (Wildman–Crippen LogP) is 23.2. The lowest BCUT2D eigenvalue weighted by Crippen LogP contribution is -2.58. The fraction of sp³-hybridized carbons (Fsp3) is 0.941. The number of rotatable bonds is 9. The van der Waals surface area contributed by atoms with Crippen molar-refractivity contribution in [3.63, 3.8) is 0 Å². The van der Waals surface area contributed by atoms with Gasteiger partial charge in [-0.15, -0.1) is 0 Å². The second-order valence-electron chi connectivity index (χ2n) is 56.6. The molecule has 0 radical (unpaired) electrons. The summed E-state index contributed by atoms with van der Waals surface area (Å²) >= 11 is 0. The van der Waals surface area contributed by atoms with Crippen LogP contribution in [0.3, 0.4) is 0 Å². The fourth-order valence-electron chi connectivity index (χ4n) is 43.4. The standard InChI is InChI=1S/C26H38O2.C20H30O3.C19H28O6.2C19H30O2.C14H22O.CH4/c1-12-13(2)20-11-19(12)23-16-9-21(24(20)23)22(10-16)25(27)28-26(3)17-5-14-4-15(7-17)8-18(26)6-14;1-10-11(2)14-9-13(10)18-12-7-15(19(14)18)16(8-12)20(21)23-17-5-3-4-6-22-17;1-9-10(2)12-8-11(9)14(15(12)18(22)25-19(3,4)5)17(21)24-13-6-7-23-16(13)20;2*1-9-10(2)13-8-12(9)16-11-6-14(17(13)16)15(7-11)18(20)21-19(3,4)5;1-6-7(2)10-5-9(6)13-8-3-11(14(10)13)12(15)4-8;/h12-24H,4-11H2,1-3H3;10-19H,3-9H2,1-2H3;9-15H,6-8H2,1-5H3;2*9-17H,6-8H2,1-5H3;6-15H,3-5H2,1-2H3;1H4. The number of aliphatic hydroxyl groups excluding tert-OH is 1. The maximum atomic E-state index is 13.6. The Kier molecular flexibility index (Phi) is 25.0. The molecule has 28 rings (SSSR count). The number of carbonyl (C=O) groups excluding carboxylic acids is 7. The summed E-state index contributed by atoms with van der Waals surface area (Å²) in [4.78, 5) is 88.7. The number of cyclic esters (lactones) is 1. The van der Waals surface area contributed by atoms with Gasteiger partial charge in [-0.05, 0) is 501 Å². The average Bonchev–Trinajstić information content (AvgIpc) is 1.55. The molecule has 53 unspecified atom stereocenters. The molecular weight excluding hydrogens is 1670 g/mol. The summed E-state index contributed by atoms with van der Waals surface area (Å²) in [5, 5.41) is 10.0. The van der Waals surface area contributed by atoms with Crippen LogP contribution in [0.5, 0.6) is 0 Å². The zero-order valence-corrected chi connectivity index (χ0v) is 86.1. The summed E-state index contributed by atoms with van der Waals surface area (Å²) in [7, 11) is 0. The highest BCUT2D eigenvalue weighted by Crippen LogP contribution is 2.78. The molecule has 1 N–H and O–H groups in total. The zero-order valence-electron chi connectivity index (χ0n) is 86.1. The average molecular weight is 1860 g/mol. The largest absolute Gasteiger partial charge is 0.463 e. The van der Waals surface area contributed by atoms with Crippen molar-refractivity contribution in [1.82, 2.24) is 0 Å².